The molecule has 0 aliphatic carbocycles. The van der Waals surface area contributed by atoms with Gasteiger partial charge in [0.1, 0.15) is 5.82 Å². The number of urea groups is 1. The molecule has 148 valence electrons. The predicted molar refractivity (Wildman–Crippen MR) is 108 cm³/mol. The van der Waals surface area contributed by atoms with Gasteiger partial charge in [0, 0.05) is 41.9 Å². The summed E-state index contributed by atoms with van der Waals surface area (Å²) in [5.41, 5.74) is 0.771. The summed E-state index contributed by atoms with van der Waals surface area (Å²) in [5, 5.41) is 9.02. The molecule has 0 radical (unpaired) electrons. The van der Waals surface area contributed by atoms with Crippen LogP contribution in [0.1, 0.15) is 15.9 Å². The molecule has 0 aromatic heterocycles. The Labute approximate surface area is 171 Å². The average Bonchev–Trinajstić information content (AvgIpc) is 2.67. The number of rotatable bonds is 4. The molecule has 8 heteroatoms. The molecule has 2 aromatic carbocycles. The van der Waals surface area contributed by atoms with Crippen LogP contribution in [0, 0.1) is 5.82 Å². The van der Waals surface area contributed by atoms with Crippen molar-refractivity contribution in [2.75, 3.05) is 38.1 Å². The van der Waals surface area contributed by atoms with Crippen molar-refractivity contribution in [3.8, 4) is 0 Å². The molecule has 1 N–H and O–H groups in total. The molecule has 1 aliphatic heterocycles. The number of carbonyl (C=O) groups is 2. The fraction of sp³-hybridized carbons (Fsp3) is 0.300. The second-order valence-corrected chi connectivity index (χ2v) is 7.67. The van der Waals surface area contributed by atoms with Gasteiger partial charge in [-0.2, -0.15) is 0 Å². The monoisotopic (exact) mass is 449 g/mol. The zero-order valence-corrected chi connectivity index (χ0v) is 17.0. The molecule has 6 nitrogen and oxygen atoms in total. The number of carboxylic acids is 1. The lowest BCUT2D eigenvalue weighted by Crippen LogP contribution is -2.52. The molecule has 0 saturated carbocycles. The van der Waals surface area contributed by atoms with Crippen LogP contribution in [0.25, 0.3) is 0 Å². The number of likely N-dealkylation sites (N-methyl/N-ethyl adjacent to an activating group) is 1. The molecular formula is C20H21BrFN3O3. The van der Waals surface area contributed by atoms with Crippen LogP contribution in [0.4, 0.5) is 14.9 Å². The first-order chi connectivity index (χ1) is 13.3. The maximum atomic E-state index is 14.5. The van der Waals surface area contributed by atoms with Crippen molar-refractivity contribution in [2.24, 2.45) is 0 Å². The molecule has 28 heavy (non-hydrogen) atoms. The number of hydrogen-bond donors (Lipinski definition) is 1. The lowest BCUT2D eigenvalue weighted by molar-refractivity contribution is 0.0696. The summed E-state index contributed by atoms with van der Waals surface area (Å²) in [6.45, 7) is 2.76. The Morgan fingerprint density at radius 1 is 1.14 bits per heavy atom. The van der Waals surface area contributed by atoms with Crippen molar-refractivity contribution in [1.29, 1.82) is 0 Å². The SMILES string of the molecule is CN1CCN(C(=O)N(Cc2ccc(C(=O)O)cc2F)c2cccc(Br)c2)CC1. The molecule has 1 aliphatic rings. The molecule has 3 rings (SSSR count). The molecule has 0 bridgehead atoms. The molecule has 0 unspecified atom stereocenters. The second-order valence-electron chi connectivity index (χ2n) is 6.75. The van der Waals surface area contributed by atoms with Crippen molar-refractivity contribution in [1.82, 2.24) is 9.80 Å². The first-order valence-electron chi connectivity index (χ1n) is 8.87. The Bertz CT molecular complexity index is 885. The highest BCUT2D eigenvalue weighted by Crippen LogP contribution is 2.25. The zero-order valence-electron chi connectivity index (χ0n) is 15.4. The third-order valence-electron chi connectivity index (χ3n) is 4.75. The Balaban J connectivity index is 1.90. The number of piperazine rings is 1. The average molecular weight is 450 g/mol. The number of amides is 2. The van der Waals surface area contributed by atoms with E-state index in [9.17, 15) is 14.0 Å². The minimum atomic E-state index is -1.19. The molecule has 0 atom stereocenters. The van der Waals surface area contributed by atoms with Crippen molar-refractivity contribution < 1.29 is 19.1 Å². The van der Waals surface area contributed by atoms with E-state index in [-0.39, 0.29) is 23.7 Å². The van der Waals surface area contributed by atoms with E-state index in [1.54, 1.807) is 17.0 Å². The third kappa shape index (κ3) is 4.69. The molecule has 1 saturated heterocycles. The summed E-state index contributed by atoms with van der Waals surface area (Å²) < 4.78 is 15.3. The molecule has 2 aromatic rings. The van der Waals surface area contributed by atoms with Gasteiger partial charge in [-0.15, -0.1) is 0 Å². The largest absolute Gasteiger partial charge is 0.478 e. The van der Waals surface area contributed by atoms with E-state index in [2.05, 4.69) is 20.8 Å². The van der Waals surface area contributed by atoms with Gasteiger partial charge in [-0.25, -0.2) is 14.0 Å². The number of hydrogen-bond acceptors (Lipinski definition) is 3. The molecule has 1 heterocycles. The van der Waals surface area contributed by atoms with Crippen LogP contribution in [-0.2, 0) is 6.54 Å². The summed E-state index contributed by atoms with van der Waals surface area (Å²) in [7, 11) is 2.01. The quantitative estimate of drug-likeness (QED) is 0.773. The fourth-order valence-electron chi connectivity index (χ4n) is 3.06. The minimum absolute atomic E-state index is 0.00730. The first kappa shape index (κ1) is 20.3. The summed E-state index contributed by atoms with van der Waals surface area (Å²) in [5.74, 6) is -1.84. The van der Waals surface area contributed by atoms with Gasteiger partial charge >= 0.3 is 12.0 Å². The van der Waals surface area contributed by atoms with E-state index in [1.807, 2.05) is 19.2 Å². The number of benzene rings is 2. The van der Waals surface area contributed by atoms with Crippen LogP contribution in [0.2, 0.25) is 0 Å². The Kier molecular flexibility index (Phi) is 6.31. The summed E-state index contributed by atoms with van der Waals surface area (Å²) >= 11 is 3.41. The van der Waals surface area contributed by atoms with Gasteiger partial charge in [0.25, 0.3) is 0 Å². The topological polar surface area (TPSA) is 64.1 Å². The van der Waals surface area contributed by atoms with E-state index in [4.69, 9.17) is 5.11 Å². The Hall–Kier alpha value is -2.45. The van der Waals surface area contributed by atoms with Crippen LogP contribution < -0.4 is 4.90 Å². The summed E-state index contributed by atoms with van der Waals surface area (Å²) in [4.78, 5) is 29.7. The van der Waals surface area contributed by atoms with Gasteiger partial charge in [-0.3, -0.25) is 4.90 Å². The lowest BCUT2D eigenvalue weighted by atomic mass is 10.1. The van der Waals surface area contributed by atoms with Gasteiger partial charge in [-0.05, 0) is 37.4 Å². The first-order valence-corrected chi connectivity index (χ1v) is 9.66. The highest BCUT2D eigenvalue weighted by Gasteiger charge is 2.26. The molecular weight excluding hydrogens is 429 g/mol. The number of carboxylic acid groups (broad SMARTS) is 1. The standard InChI is InChI=1S/C20H21BrFN3O3/c1-23-7-9-24(10-8-23)20(28)25(17-4-2-3-16(21)12-17)13-15-6-5-14(19(26)27)11-18(15)22/h2-6,11-12H,7-10,13H2,1H3,(H,26,27). The Morgan fingerprint density at radius 2 is 1.86 bits per heavy atom. The van der Waals surface area contributed by atoms with Gasteiger partial charge in [0.05, 0.1) is 12.1 Å². The fourth-order valence-corrected chi connectivity index (χ4v) is 3.45. The van der Waals surface area contributed by atoms with Crippen LogP contribution in [0.3, 0.4) is 0 Å². The lowest BCUT2D eigenvalue weighted by Gasteiger charge is -2.36. The van der Waals surface area contributed by atoms with E-state index in [1.165, 1.54) is 17.0 Å². The predicted octanol–water partition coefficient (Wildman–Crippen LogP) is 3.66. The van der Waals surface area contributed by atoms with Crippen LogP contribution in [0.5, 0.6) is 0 Å². The molecule has 1 fully saturated rings. The van der Waals surface area contributed by atoms with Gasteiger partial charge in [0.2, 0.25) is 0 Å². The van der Waals surface area contributed by atoms with Gasteiger partial charge < -0.3 is 14.9 Å². The van der Waals surface area contributed by atoms with Crippen LogP contribution in [0.15, 0.2) is 46.9 Å². The number of carbonyl (C=O) groups excluding carboxylic acids is 1. The third-order valence-corrected chi connectivity index (χ3v) is 5.25. The maximum Gasteiger partial charge on any atom is 0.335 e. The highest BCUT2D eigenvalue weighted by atomic mass is 79.9. The number of anilines is 1. The van der Waals surface area contributed by atoms with Crippen LogP contribution in [-0.4, -0.2) is 60.1 Å². The van der Waals surface area contributed by atoms with E-state index in [0.717, 1.165) is 23.6 Å². The second kappa shape index (κ2) is 8.70. The van der Waals surface area contributed by atoms with Crippen molar-refractivity contribution >= 4 is 33.6 Å². The molecule has 2 amide bonds. The van der Waals surface area contributed by atoms with Gasteiger partial charge in [0.15, 0.2) is 0 Å². The van der Waals surface area contributed by atoms with Crippen molar-refractivity contribution in [3.63, 3.8) is 0 Å². The van der Waals surface area contributed by atoms with Crippen molar-refractivity contribution in [3.05, 3.63) is 63.9 Å². The summed E-state index contributed by atoms with van der Waals surface area (Å²) in [6, 6.07) is 10.8. The van der Waals surface area contributed by atoms with E-state index in [0.29, 0.717) is 18.8 Å². The van der Waals surface area contributed by atoms with E-state index < -0.39 is 11.8 Å². The van der Waals surface area contributed by atoms with Crippen LogP contribution >= 0.6 is 15.9 Å². The Morgan fingerprint density at radius 3 is 2.46 bits per heavy atom. The van der Waals surface area contributed by atoms with Crippen molar-refractivity contribution in [2.45, 2.75) is 6.54 Å². The minimum Gasteiger partial charge on any atom is -0.478 e. The number of nitrogens with zero attached hydrogens (tertiary/aromatic N) is 3. The zero-order chi connectivity index (χ0) is 20.3. The smallest absolute Gasteiger partial charge is 0.335 e. The maximum absolute atomic E-state index is 14.5. The summed E-state index contributed by atoms with van der Waals surface area (Å²) in [6.07, 6.45) is 0. The normalized spacial score (nSPS) is 14.8. The van der Waals surface area contributed by atoms with E-state index >= 15 is 0 Å². The number of aromatic carboxylic acids is 1. The number of halogens is 2. The highest BCUT2D eigenvalue weighted by molar-refractivity contribution is 9.10. The molecule has 0 spiro atoms. The van der Waals surface area contributed by atoms with Gasteiger partial charge in [-0.1, -0.05) is 28.1 Å².